The highest BCUT2D eigenvalue weighted by molar-refractivity contribution is 6.03. The second-order valence-electron chi connectivity index (χ2n) is 6.46. The van der Waals surface area contributed by atoms with Gasteiger partial charge in [-0.2, -0.15) is 10.2 Å². The van der Waals surface area contributed by atoms with Gasteiger partial charge in [0.25, 0.3) is 5.91 Å². The Morgan fingerprint density at radius 1 is 1.13 bits per heavy atom. The molecule has 0 radical (unpaired) electrons. The first-order valence-corrected chi connectivity index (χ1v) is 9.29. The van der Waals surface area contributed by atoms with Crippen molar-refractivity contribution in [1.82, 2.24) is 19.6 Å². The predicted octanol–water partition coefficient (Wildman–Crippen LogP) is 2.60. The van der Waals surface area contributed by atoms with E-state index in [2.05, 4.69) is 20.8 Å². The molecule has 0 unspecified atom stereocenters. The van der Waals surface area contributed by atoms with Gasteiger partial charge in [-0.1, -0.05) is 6.07 Å². The molecule has 11 nitrogen and oxygen atoms in total. The Labute approximate surface area is 171 Å². The van der Waals surface area contributed by atoms with Gasteiger partial charge in [-0.15, -0.1) is 0 Å². The largest absolute Gasteiger partial charge is 0.326 e. The minimum absolute atomic E-state index is 0.0803. The molecular formula is C19H21N7O4. The van der Waals surface area contributed by atoms with Crippen LogP contribution in [0.2, 0.25) is 0 Å². The number of carbonyl (C=O) groups excluding carboxylic acids is 2. The van der Waals surface area contributed by atoms with Crippen LogP contribution < -0.4 is 10.6 Å². The van der Waals surface area contributed by atoms with E-state index in [1.54, 1.807) is 48.1 Å². The van der Waals surface area contributed by atoms with E-state index in [-0.39, 0.29) is 30.5 Å². The topological polar surface area (TPSA) is 137 Å². The first-order valence-electron chi connectivity index (χ1n) is 9.29. The van der Waals surface area contributed by atoms with Crippen LogP contribution >= 0.6 is 0 Å². The Morgan fingerprint density at radius 3 is 2.53 bits per heavy atom. The quantitative estimate of drug-likeness (QED) is 0.432. The molecule has 2 heterocycles. The fourth-order valence-electron chi connectivity index (χ4n) is 2.92. The summed E-state index contributed by atoms with van der Waals surface area (Å²) in [6.45, 7) is 4.26. The Morgan fingerprint density at radius 2 is 1.87 bits per heavy atom. The zero-order valence-corrected chi connectivity index (χ0v) is 16.5. The Kier molecular flexibility index (Phi) is 6.20. The summed E-state index contributed by atoms with van der Waals surface area (Å²) in [4.78, 5) is 35.0. The summed E-state index contributed by atoms with van der Waals surface area (Å²) < 4.78 is 3.01. The molecule has 11 heteroatoms. The summed E-state index contributed by atoms with van der Waals surface area (Å²) >= 11 is 0. The second-order valence-corrected chi connectivity index (χ2v) is 6.46. The van der Waals surface area contributed by atoms with Gasteiger partial charge < -0.3 is 10.6 Å². The maximum Gasteiger partial charge on any atom is 0.309 e. The van der Waals surface area contributed by atoms with E-state index in [0.717, 1.165) is 0 Å². The van der Waals surface area contributed by atoms with Crippen molar-refractivity contribution in [3.63, 3.8) is 0 Å². The zero-order valence-electron chi connectivity index (χ0n) is 16.5. The van der Waals surface area contributed by atoms with Crippen LogP contribution in [0.25, 0.3) is 0 Å². The van der Waals surface area contributed by atoms with Crippen LogP contribution in [0.15, 0.2) is 42.7 Å². The van der Waals surface area contributed by atoms with E-state index in [4.69, 9.17) is 0 Å². The van der Waals surface area contributed by atoms with E-state index < -0.39 is 4.92 Å². The van der Waals surface area contributed by atoms with Crippen molar-refractivity contribution < 1.29 is 14.5 Å². The Bertz CT molecular complexity index is 1090. The first kappa shape index (κ1) is 20.7. The van der Waals surface area contributed by atoms with Crippen molar-refractivity contribution in [2.45, 2.75) is 33.4 Å². The molecule has 1 aromatic carbocycles. The minimum Gasteiger partial charge on any atom is -0.326 e. The van der Waals surface area contributed by atoms with Gasteiger partial charge in [0.15, 0.2) is 0 Å². The van der Waals surface area contributed by atoms with E-state index in [9.17, 15) is 19.7 Å². The smallest absolute Gasteiger partial charge is 0.309 e. The average Bonchev–Trinajstić information content (AvgIpc) is 3.33. The molecule has 0 bridgehead atoms. The number of aromatic nitrogens is 4. The monoisotopic (exact) mass is 411 g/mol. The third kappa shape index (κ3) is 4.69. The molecule has 0 spiro atoms. The van der Waals surface area contributed by atoms with Gasteiger partial charge in [-0.3, -0.25) is 29.1 Å². The fourth-order valence-corrected chi connectivity index (χ4v) is 2.92. The van der Waals surface area contributed by atoms with Crippen LogP contribution in [0.3, 0.4) is 0 Å². The lowest BCUT2D eigenvalue weighted by Gasteiger charge is -2.10. The molecular weight excluding hydrogens is 390 g/mol. The van der Waals surface area contributed by atoms with Gasteiger partial charge in [0.05, 0.1) is 11.5 Å². The van der Waals surface area contributed by atoms with Gasteiger partial charge in [0, 0.05) is 30.5 Å². The lowest BCUT2D eigenvalue weighted by molar-refractivity contribution is -0.385. The maximum atomic E-state index is 12.4. The zero-order chi connectivity index (χ0) is 21.7. The van der Waals surface area contributed by atoms with Crippen molar-refractivity contribution >= 4 is 28.9 Å². The van der Waals surface area contributed by atoms with Crippen molar-refractivity contribution in [2.75, 3.05) is 10.6 Å². The van der Waals surface area contributed by atoms with Crippen molar-refractivity contribution in [2.24, 2.45) is 0 Å². The summed E-state index contributed by atoms with van der Waals surface area (Å²) in [5, 5.41) is 24.4. The molecule has 3 aromatic rings. The molecule has 3 rings (SSSR count). The highest BCUT2D eigenvalue weighted by atomic mass is 16.6. The summed E-state index contributed by atoms with van der Waals surface area (Å²) in [6.07, 6.45) is 2.82. The van der Waals surface area contributed by atoms with Crippen LogP contribution in [0, 0.1) is 17.0 Å². The highest BCUT2D eigenvalue weighted by Gasteiger charge is 2.17. The molecule has 0 aliphatic rings. The highest BCUT2D eigenvalue weighted by Crippen LogP contribution is 2.18. The van der Waals surface area contributed by atoms with Crippen LogP contribution in [0.5, 0.6) is 0 Å². The molecule has 2 aromatic heterocycles. The number of amides is 2. The molecule has 0 atom stereocenters. The summed E-state index contributed by atoms with van der Waals surface area (Å²) in [7, 11) is 0. The van der Waals surface area contributed by atoms with E-state index >= 15 is 0 Å². The van der Waals surface area contributed by atoms with Gasteiger partial charge in [0.1, 0.15) is 17.6 Å². The minimum atomic E-state index is -0.508. The van der Waals surface area contributed by atoms with Crippen molar-refractivity contribution in [3.8, 4) is 0 Å². The second kappa shape index (κ2) is 8.99. The van der Waals surface area contributed by atoms with Gasteiger partial charge in [0.2, 0.25) is 5.91 Å². The molecule has 0 aliphatic heterocycles. The molecule has 30 heavy (non-hydrogen) atoms. The number of anilines is 2. The number of nitrogens with one attached hydrogen (secondary N) is 2. The number of benzene rings is 1. The summed E-state index contributed by atoms with van der Waals surface area (Å²) in [5.41, 5.74) is 1.80. The van der Waals surface area contributed by atoms with Gasteiger partial charge in [-0.05, 0) is 38.1 Å². The summed E-state index contributed by atoms with van der Waals surface area (Å²) in [5.74, 6) is -0.575. The van der Waals surface area contributed by atoms with E-state index in [1.165, 1.54) is 10.9 Å². The Balaban J connectivity index is 1.59. The number of hydrogen-bond donors (Lipinski definition) is 2. The van der Waals surface area contributed by atoms with Gasteiger partial charge in [-0.25, -0.2) is 0 Å². The first-order chi connectivity index (χ1) is 14.4. The number of hydrogen-bond acceptors (Lipinski definition) is 6. The van der Waals surface area contributed by atoms with Crippen LogP contribution in [0.1, 0.15) is 29.5 Å². The third-order valence-electron chi connectivity index (χ3n) is 4.48. The number of carbonyl (C=O) groups is 2. The standard InChI is InChI=1S/C19H21N7O4/c1-3-24-16(7-9-20-24)19(28)23-15-6-4-5-14(11-15)22-18(27)8-10-25-13(2)17(12-21-25)26(29)30/h4-7,9,11-12H,3,8,10H2,1-2H3,(H,22,27)(H,23,28). The van der Waals surface area contributed by atoms with E-state index in [0.29, 0.717) is 29.3 Å². The molecule has 0 saturated heterocycles. The van der Waals surface area contributed by atoms with Crippen LogP contribution in [-0.2, 0) is 17.9 Å². The number of nitrogens with zero attached hydrogens (tertiary/aromatic N) is 5. The van der Waals surface area contributed by atoms with Gasteiger partial charge >= 0.3 is 5.69 Å². The lowest BCUT2D eigenvalue weighted by Crippen LogP contribution is -2.18. The predicted molar refractivity (Wildman–Crippen MR) is 109 cm³/mol. The third-order valence-corrected chi connectivity index (χ3v) is 4.48. The number of nitro groups is 1. The van der Waals surface area contributed by atoms with Crippen LogP contribution in [-0.4, -0.2) is 36.3 Å². The maximum absolute atomic E-state index is 12.4. The van der Waals surface area contributed by atoms with Crippen molar-refractivity contribution in [3.05, 3.63) is 64.2 Å². The molecule has 0 fully saturated rings. The molecule has 2 amide bonds. The lowest BCUT2D eigenvalue weighted by atomic mass is 10.2. The van der Waals surface area contributed by atoms with Crippen LogP contribution in [0.4, 0.5) is 17.1 Å². The summed E-state index contributed by atoms with van der Waals surface area (Å²) in [6, 6.07) is 8.40. The normalized spacial score (nSPS) is 10.6. The Hall–Kier alpha value is -4.02. The number of rotatable bonds is 8. The van der Waals surface area contributed by atoms with E-state index in [1.807, 2.05) is 6.92 Å². The molecule has 2 N–H and O–H groups in total. The molecule has 0 saturated carbocycles. The average molecular weight is 411 g/mol. The fraction of sp³-hybridized carbons (Fsp3) is 0.263. The molecule has 0 aliphatic carbocycles. The molecule has 156 valence electrons. The number of aryl methyl sites for hydroxylation is 2. The van der Waals surface area contributed by atoms with Crippen molar-refractivity contribution in [1.29, 1.82) is 0 Å². The SMILES string of the molecule is CCn1nccc1C(=O)Nc1cccc(NC(=O)CCn2ncc([N+](=O)[O-])c2C)c1.